The summed E-state index contributed by atoms with van der Waals surface area (Å²) in [7, 11) is 1.83. The first-order valence-electron chi connectivity index (χ1n) is 5.41. The Kier molecular flexibility index (Phi) is 3.10. The third-order valence-corrected chi connectivity index (χ3v) is 3.61. The molecule has 0 bridgehead atoms. The minimum Gasteiger partial charge on any atom is -0.379 e. The topological polar surface area (TPSA) is 38.1 Å². The van der Waals surface area contributed by atoms with Gasteiger partial charge in [0, 0.05) is 7.05 Å². The van der Waals surface area contributed by atoms with Gasteiger partial charge in [0.1, 0.15) is 5.60 Å². The van der Waals surface area contributed by atoms with Crippen LogP contribution < -0.4 is 0 Å². The van der Waals surface area contributed by atoms with E-state index in [0.717, 1.165) is 21.3 Å². The largest absolute Gasteiger partial charge is 0.379 e. The lowest BCUT2D eigenvalue weighted by Gasteiger charge is -2.26. The molecule has 1 aromatic heterocycles. The highest BCUT2D eigenvalue weighted by molar-refractivity contribution is 9.10. The van der Waals surface area contributed by atoms with E-state index in [0.29, 0.717) is 0 Å². The summed E-state index contributed by atoms with van der Waals surface area (Å²) in [5.74, 6) is 0. The number of benzene rings is 1. The molecule has 1 N–H and O–H groups in total. The van der Waals surface area contributed by atoms with Crippen molar-refractivity contribution in [3.05, 3.63) is 51.8 Å². The number of nitrogens with zero attached hydrogens (tertiary/aromatic N) is 2. The molecule has 17 heavy (non-hydrogen) atoms. The Bertz CT molecular complexity index is 527. The molecule has 3 nitrogen and oxygen atoms in total. The molecule has 1 unspecified atom stereocenters. The summed E-state index contributed by atoms with van der Waals surface area (Å²) in [5, 5.41) is 14.9. The van der Waals surface area contributed by atoms with Crippen LogP contribution in [0.3, 0.4) is 0 Å². The number of aromatic nitrogens is 2. The number of rotatable bonds is 2. The zero-order chi connectivity index (χ0) is 12.6. The molecule has 0 radical (unpaired) electrons. The summed E-state index contributed by atoms with van der Waals surface area (Å²) in [6, 6.07) is 7.83. The molecular formula is C13H15BrN2O. The molecule has 4 heteroatoms. The molecule has 2 aromatic rings. The van der Waals surface area contributed by atoms with Crippen LogP contribution in [0, 0.1) is 6.92 Å². The van der Waals surface area contributed by atoms with Crippen molar-refractivity contribution in [3.8, 4) is 0 Å². The Hall–Kier alpha value is -1.13. The summed E-state index contributed by atoms with van der Waals surface area (Å²) in [4.78, 5) is 0. The van der Waals surface area contributed by atoms with Crippen LogP contribution in [-0.4, -0.2) is 14.9 Å². The maximum absolute atomic E-state index is 10.8. The standard InChI is InChI=1S/C13H15BrN2O/c1-9-6-4-5-7-10(9)13(2,17)12-11(14)8-15-16(12)3/h4-8,17H,1-3H3. The van der Waals surface area contributed by atoms with Gasteiger partial charge in [0.25, 0.3) is 0 Å². The van der Waals surface area contributed by atoms with Gasteiger partial charge in [-0.25, -0.2) is 0 Å². The van der Waals surface area contributed by atoms with E-state index in [-0.39, 0.29) is 0 Å². The van der Waals surface area contributed by atoms with E-state index in [4.69, 9.17) is 0 Å². The number of aryl methyl sites for hydroxylation is 2. The molecule has 0 aliphatic rings. The predicted molar refractivity (Wildman–Crippen MR) is 70.8 cm³/mol. The third-order valence-electron chi connectivity index (χ3n) is 3.02. The first kappa shape index (κ1) is 12.3. The van der Waals surface area contributed by atoms with E-state index < -0.39 is 5.60 Å². The third kappa shape index (κ3) is 2.03. The van der Waals surface area contributed by atoms with E-state index >= 15 is 0 Å². The molecule has 1 atom stereocenters. The minimum absolute atomic E-state index is 0.756. The van der Waals surface area contributed by atoms with Crippen molar-refractivity contribution in [3.63, 3.8) is 0 Å². The normalized spacial score (nSPS) is 14.6. The second kappa shape index (κ2) is 4.27. The van der Waals surface area contributed by atoms with Gasteiger partial charge in [-0.05, 0) is 40.9 Å². The van der Waals surface area contributed by atoms with Crippen LogP contribution in [0.15, 0.2) is 34.9 Å². The summed E-state index contributed by atoms with van der Waals surface area (Å²) in [5.41, 5.74) is 1.65. The molecule has 2 rings (SSSR count). The van der Waals surface area contributed by atoms with Crippen LogP contribution in [0.25, 0.3) is 0 Å². The van der Waals surface area contributed by atoms with Crippen molar-refractivity contribution in [2.75, 3.05) is 0 Å². The number of hydrogen-bond acceptors (Lipinski definition) is 2. The van der Waals surface area contributed by atoms with Gasteiger partial charge in [0.15, 0.2) is 0 Å². The molecule has 0 aliphatic heterocycles. The van der Waals surface area contributed by atoms with Gasteiger partial charge >= 0.3 is 0 Å². The SMILES string of the molecule is Cc1ccccc1C(C)(O)c1c(Br)cnn1C. The summed E-state index contributed by atoms with van der Waals surface area (Å²) >= 11 is 3.43. The fraction of sp³-hybridized carbons (Fsp3) is 0.308. The van der Waals surface area contributed by atoms with E-state index in [1.165, 1.54) is 0 Å². The first-order valence-corrected chi connectivity index (χ1v) is 6.20. The zero-order valence-electron chi connectivity index (χ0n) is 10.1. The average Bonchev–Trinajstić information content (AvgIpc) is 2.59. The van der Waals surface area contributed by atoms with Crippen LogP contribution in [-0.2, 0) is 12.6 Å². The maximum Gasteiger partial charge on any atom is 0.130 e. The second-order valence-electron chi connectivity index (χ2n) is 4.35. The minimum atomic E-state index is -1.06. The fourth-order valence-corrected chi connectivity index (χ4v) is 2.94. The Morgan fingerprint density at radius 3 is 2.53 bits per heavy atom. The number of aliphatic hydroxyl groups is 1. The Morgan fingerprint density at radius 2 is 2.00 bits per heavy atom. The molecule has 0 saturated carbocycles. The zero-order valence-corrected chi connectivity index (χ0v) is 11.7. The van der Waals surface area contributed by atoms with Gasteiger partial charge in [-0.3, -0.25) is 4.68 Å². The van der Waals surface area contributed by atoms with Crippen molar-refractivity contribution in [2.24, 2.45) is 7.05 Å². The molecule has 1 heterocycles. The van der Waals surface area contributed by atoms with Gasteiger partial charge in [0.05, 0.1) is 16.4 Å². The molecule has 0 aliphatic carbocycles. The molecule has 0 spiro atoms. The quantitative estimate of drug-likeness (QED) is 0.925. The van der Waals surface area contributed by atoms with E-state index in [1.54, 1.807) is 17.8 Å². The van der Waals surface area contributed by atoms with Gasteiger partial charge in [-0.2, -0.15) is 5.10 Å². The van der Waals surface area contributed by atoms with Gasteiger partial charge in [0.2, 0.25) is 0 Å². The molecule has 90 valence electrons. The lowest BCUT2D eigenvalue weighted by Crippen LogP contribution is -2.27. The molecule has 0 amide bonds. The van der Waals surface area contributed by atoms with Gasteiger partial charge in [-0.1, -0.05) is 24.3 Å². The smallest absolute Gasteiger partial charge is 0.130 e. The molecule has 0 saturated heterocycles. The fourth-order valence-electron chi connectivity index (χ4n) is 2.20. The van der Waals surface area contributed by atoms with E-state index in [9.17, 15) is 5.11 Å². The van der Waals surface area contributed by atoms with Crippen LogP contribution in [0.4, 0.5) is 0 Å². The Balaban J connectivity index is 2.62. The predicted octanol–water partition coefficient (Wildman–Crippen LogP) is 2.75. The summed E-state index contributed by atoms with van der Waals surface area (Å²) in [6.45, 7) is 3.78. The Morgan fingerprint density at radius 1 is 1.35 bits per heavy atom. The van der Waals surface area contributed by atoms with Crippen LogP contribution in [0.1, 0.15) is 23.7 Å². The highest BCUT2D eigenvalue weighted by Crippen LogP contribution is 2.34. The van der Waals surface area contributed by atoms with Crippen molar-refractivity contribution in [1.29, 1.82) is 0 Å². The summed E-state index contributed by atoms with van der Waals surface area (Å²) in [6.07, 6.45) is 1.70. The van der Waals surface area contributed by atoms with Crippen molar-refractivity contribution >= 4 is 15.9 Å². The molecular weight excluding hydrogens is 280 g/mol. The number of hydrogen-bond donors (Lipinski definition) is 1. The van der Waals surface area contributed by atoms with Crippen molar-refractivity contribution < 1.29 is 5.11 Å². The second-order valence-corrected chi connectivity index (χ2v) is 5.21. The van der Waals surface area contributed by atoms with Gasteiger partial charge in [-0.15, -0.1) is 0 Å². The van der Waals surface area contributed by atoms with E-state index in [1.807, 2.05) is 38.2 Å². The lowest BCUT2D eigenvalue weighted by molar-refractivity contribution is 0.0914. The molecule has 0 fully saturated rings. The lowest BCUT2D eigenvalue weighted by atomic mass is 9.89. The van der Waals surface area contributed by atoms with Crippen molar-refractivity contribution in [2.45, 2.75) is 19.4 Å². The number of halogens is 1. The van der Waals surface area contributed by atoms with Gasteiger partial charge < -0.3 is 5.11 Å². The highest BCUT2D eigenvalue weighted by Gasteiger charge is 2.32. The average molecular weight is 295 g/mol. The van der Waals surface area contributed by atoms with E-state index in [2.05, 4.69) is 21.0 Å². The van der Waals surface area contributed by atoms with Crippen LogP contribution >= 0.6 is 15.9 Å². The van der Waals surface area contributed by atoms with Crippen molar-refractivity contribution in [1.82, 2.24) is 9.78 Å². The summed E-state index contributed by atoms with van der Waals surface area (Å²) < 4.78 is 2.50. The van der Waals surface area contributed by atoms with Crippen LogP contribution in [0.2, 0.25) is 0 Å². The highest BCUT2D eigenvalue weighted by atomic mass is 79.9. The monoisotopic (exact) mass is 294 g/mol. The Labute approximate surface area is 109 Å². The first-order chi connectivity index (χ1) is 7.94. The maximum atomic E-state index is 10.8. The molecule has 1 aromatic carbocycles. The van der Waals surface area contributed by atoms with Crippen LogP contribution in [0.5, 0.6) is 0 Å².